The van der Waals surface area contributed by atoms with Gasteiger partial charge in [-0.25, -0.2) is 19.6 Å². The Balaban J connectivity index is 1.56. The van der Waals surface area contributed by atoms with Gasteiger partial charge in [0, 0.05) is 35.0 Å². The van der Waals surface area contributed by atoms with Crippen molar-refractivity contribution < 1.29 is 38.1 Å². The first-order valence-electron chi connectivity index (χ1n) is 14.4. The maximum Gasteiger partial charge on any atom is 0.333 e. The zero-order valence-corrected chi connectivity index (χ0v) is 25.3. The van der Waals surface area contributed by atoms with Crippen molar-refractivity contribution in [3.8, 4) is 11.3 Å². The molecule has 0 saturated carbocycles. The minimum atomic E-state index is -0.838. The highest BCUT2D eigenvalue weighted by molar-refractivity contribution is 5.87. The van der Waals surface area contributed by atoms with Crippen molar-refractivity contribution in [2.24, 2.45) is 0 Å². The van der Waals surface area contributed by atoms with E-state index < -0.39 is 29.3 Å². The molecule has 0 unspecified atom stereocenters. The van der Waals surface area contributed by atoms with Gasteiger partial charge >= 0.3 is 23.9 Å². The van der Waals surface area contributed by atoms with E-state index in [2.05, 4.69) is 13.2 Å². The Morgan fingerprint density at radius 2 is 1.27 bits per heavy atom. The Labute approximate surface area is 256 Å². The summed E-state index contributed by atoms with van der Waals surface area (Å²) in [5, 5.41) is 0. The van der Waals surface area contributed by atoms with E-state index in [0.717, 1.165) is 22.2 Å². The molecule has 0 fully saturated rings. The minimum Gasteiger partial charge on any atom is -0.462 e. The van der Waals surface area contributed by atoms with Crippen LogP contribution < -0.4 is 0 Å². The Morgan fingerprint density at radius 1 is 0.727 bits per heavy atom. The molecule has 0 amide bonds. The van der Waals surface area contributed by atoms with E-state index >= 15 is 0 Å². The van der Waals surface area contributed by atoms with Crippen LogP contribution in [-0.4, -0.2) is 60.3 Å². The second-order valence-corrected chi connectivity index (χ2v) is 10.8. The second-order valence-electron chi connectivity index (χ2n) is 10.8. The average molecular weight is 601 g/mol. The van der Waals surface area contributed by atoms with Crippen molar-refractivity contribution in [2.45, 2.75) is 51.9 Å². The fourth-order valence-corrected chi connectivity index (χ4v) is 5.15. The number of hydrogen-bond donors (Lipinski definition) is 0. The van der Waals surface area contributed by atoms with Crippen molar-refractivity contribution >= 4 is 34.9 Å². The van der Waals surface area contributed by atoms with Crippen LogP contribution in [-0.2, 0) is 43.5 Å². The third-order valence-electron chi connectivity index (χ3n) is 7.34. The number of hydrogen-bond acceptors (Lipinski definition) is 10. The van der Waals surface area contributed by atoms with Crippen LogP contribution in [0, 0.1) is 6.92 Å². The fourth-order valence-electron chi connectivity index (χ4n) is 5.15. The van der Waals surface area contributed by atoms with Crippen LogP contribution in [0.3, 0.4) is 0 Å². The molecule has 3 aromatic rings. The maximum absolute atomic E-state index is 12.9. The summed E-state index contributed by atoms with van der Waals surface area (Å²) in [7, 11) is 0. The van der Waals surface area contributed by atoms with Gasteiger partial charge in [-0.3, -0.25) is 9.59 Å². The van der Waals surface area contributed by atoms with Gasteiger partial charge in [-0.2, -0.15) is 0 Å². The van der Waals surface area contributed by atoms with Gasteiger partial charge in [0.1, 0.15) is 26.4 Å². The molecule has 0 spiro atoms. The number of benzene rings is 2. The molecular weight excluding hydrogens is 564 g/mol. The SMILES string of the molecule is C=C(C)C(=O)OCCOC(=O)CCC1(CCC(=O)OCCOC(=O)C(=C)C)c2ccccc2-c2nc3cc(C)ccc3nc21. The van der Waals surface area contributed by atoms with Crippen molar-refractivity contribution in [1.82, 2.24) is 9.97 Å². The first-order chi connectivity index (χ1) is 21.0. The summed E-state index contributed by atoms with van der Waals surface area (Å²) < 4.78 is 20.7. The van der Waals surface area contributed by atoms with Crippen LogP contribution in [0.5, 0.6) is 0 Å². The van der Waals surface area contributed by atoms with Crippen LogP contribution in [0.25, 0.3) is 22.3 Å². The summed E-state index contributed by atoms with van der Waals surface area (Å²) in [5.74, 6) is -2.07. The summed E-state index contributed by atoms with van der Waals surface area (Å²) in [4.78, 5) is 58.9. The monoisotopic (exact) mass is 600 g/mol. The molecule has 1 aromatic heterocycles. The van der Waals surface area contributed by atoms with E-state index in [1.54, 1.807) is 0 Å². The molecule has 0 aliphatic heterocycles. The standard InChI is InChI=1S/C34H36N2O8/c1-21(2)32(39)43-18-16-41-28(37)12-14-34(15-13-29(38)42-17-19-44-33(40)22(3)4)25-9-7-6-8-24(25)30-31(34)36-26-11-10-23(5)20-27(26)35-30/h6-11,20H,1,3,12-19H2,2,4-5H3. The zero-order chi connectivity index (χ0) is 31.9. The molecule has 1 aliphatic rings. The fraction of sp³-hybridized carbons (Fsp3) is 0.353. The van der Waals surface area contributed by atoms with Crippen molar-refractivity contribution in [3.63, 3.8) is 0 Å². The predicted molar refractivity (Wildman–Crippen MR) is 162 cm³/mol. The lowest BCUT2D eigenvalue weighted by Crippen LogP contribution is -2.29. The maximum atomic E-state index is 12.9. The van der Waals surface area contributed by atoms with Gasteiger partial charge in [0.2, 0.25) is 0 Å². The zero-order valence-electron chi connectivity index (χ0n) is 25.3. The number of fused-ring (bicyclic) bond motifs is 4. The molecule has 2 aromatic carbocycles. The van der Waals surface area contributed by atoms with E-state index in [1.807, 2.05) is 49.4 Å². The molecule has 1 heterocycles. The lowest BCUT2D eigenvalue weighted by molar-refractivity contribution is -0.150. The molecule has 0 radical (unpaired) electrons. The number of ether oxygens (including phenoxy) is 4. The number of nitrogens with zero attached hydrogens (tertiary/aromatic N) is 2. The lowest BCUT2D eigenvalue weighted by atomic mass is 9.73. The lowest BCUT2D eigenvalue weighted by Gasteiger charge is -2.30. The van der Waals surface area contributed by atoms with E-state index in [9.17, 15) is 19.2 Å². The third-order valence-corrected chi connectivity index (χ3v) is 7.34. The Morgan fingerprint density at radius 3 is 1.84 bits per heavy atom. The molecule has 10 nitrogen and oxygen atoms in total. The van der Waals surface area contributed by atoms with E-state index in [1.165, 1.54) is 13.8 Å². The average Bonchev–Trinajstić information content (AvgIpc) is 3.26. The van der Waals surface area contributed by atoms with E-state index in [0.29, 0.717) is 16.9 Å². The molecule has 0 N–H and O–H groups in total. The Hall–Kier alpha value is -4.86. The van der Waals surface area contributed by atoms with Gasteiger partial charge in [-0.15, -0.1) is 0 Å². The van der Waals surface area contributed by atoms with Gasteiger partial charge in [-0.1, -0.05) is 43.5 Å². The van der Waals surface area contributed by atoms with Crippen LogP contribution in [0.2, 0.25) is 0 Å². The number of aryl methyl sites for hydroxylation is 1. The quantitative estimate of drug-likeness (QED) is 0.107. The molecule has 10 heteroatoms. The first-order valence-corrected chi connectivity index (χ1v) is 14.4. The second kappa shape index (κ2) is 14.1. The summed E-state index contributed by atoms with van der Waals surface area (Å²) in [6, 6.07) is 13.6. The highest BCUT2D eigenvalue weighted by Crippen LogP contribution is 2.52. The Bertz CT molecular complexity index is 1580. The predicted octanol–water partition coefficient (Wildman–Crippen LogP) is 5.09. The van der Waals surface area contributed by atoms with Gasteiger partial charge in [0.15, 0.2) is 0 Å². The molecular formula is C34H36N2O8. The summed E-state index contributed by atoms with van der Waals surface area (Å²) >= 11 is 0. The Kier molecular flexibility index (Phi) is 10.3. The highest BCUT2D eigenvalue weighted by atomic mass is 16.6. The molecule has 4 rings (SSSR count). The van der Waals surface area contributed by atoms with Crippen LogP contribution >= 0.6 is 0 Å². The number of aromatic nitrogens is 2. The summed E-state index contributed by atoms with van der Waals surface area (Å²) in [6.07, 6.45) is 0.608. The van der Waals surface area contributed by atoms with Crippen molar-refractivity contribution in [3.05, 3.63) is 83.6 Å². The van der Waals surface area contributed by atoms with Gasteiger partial charge in [0.05, 0.1) is 22.4 Å². The van der Waals surface area contributed by atoms with Crippen molar-refractivity contribution in [2.75, 3.05) is 26.4 Å². The minimum absolute atomic E-state index is 0.0156. The smallest absolute Gasteiger partial charge is 0.333 e. The molecule has 0 bridgehead atoms. The highest BCUT2D eigenvalue weighted by Gasteiger charge is 2.46. The third kappa shape index (κ3) is 7.37. The van der Waals surface area contributed by atoms with E-state index in [-0.39, 0.29) is 63.3 Å². The molecule has 44 heavy (non-hydrogen) atoms. The topological polar surface area (TPSA) is 131 Å². The van der Waals surface area contributed by atoms with Crippen LogP contribution in [0.1, 0.15) is 56.4 Å². The normalized spacial score (nSPS) is 12.5. The molecule has 1 aliphatic carbocycles. The van der Waals surface area contributed by atoms with Gasteiger partial charge in [-0.05, 0) is 56.9 Å². The van der Waals surface area contributed by atoms with Crippen LogP contribution in [0.4, 0.5) is 0 Å². The molecule has 0 saturated heterocycles. The summed E-state index contributed by atoms with van der Waals surface area (Å²) in [5.41, 5.74) is 5.37. The van der Waals surface area contributed by atoms with E-state index in [4.69, 9.17) is 28.9 Å². The number of carbonyl (C=O) groups is 4. The van der Waals surface area contributed by atoms with Gasteiger partial charge < -0.3 is 18.9 Å². The number of rotatable bonds is 14. The van der Waals surface area contributed by atoms with Crippen LogP contribution in [0.15, 0.2) is 66.8 Å². The molecule has 0 atom stereocenters. The van der Waals surface area contributed by atoms with Gasteiger partial charge in [0.25, 0.3) is 0 Å². The summed E-state index contributed by atoms with van der Waals surface area (Å²) in [6.45, 7) is 11.8. The number of carbonyl (C=O) groups excluding carboxylic acids is 4. The van der Waals surface area contributed by atoms with Crippen molar-refractivity contribution in [1.29, 1.82) is 0 Å². The molecule has 230 valence electrons. The number of esters is 4. The largest absolute Gasteiger partial charge is 0.462 e. The first kappa shape index (κ1) is 32.1.